The lowest BCUT2D eigenvalue weighted by atomic mass is 10.2. The SMILES string of the molecule is COc1cccc2cc(CNc3cccc(F)c3)oc12. The summed E-state index contributed by atoms with van der Waals surface area (Å²) >= 11 is 0. The first-order valence-electron chi connectivity index (χ1n) is 6.31. The van der Waals surface area contributed by atoms with Gasteiger partial charge in [-0.2, -0.15) is 0 Å². The van der Waals surface area contributed by atoms with Gasteiger partial charge in [-0.25, -0.2) is 4.39 Å². The first-order chi connectivity index (χ1) is 9.76. The van der Waals surface area contributed by atoms with Crippen LogP contribution in [0.3, 0.4) is 0 Å². The molecule has 0 atom stereocenters. The van der Waals surface area contributed by atoms with Crippen LogP contribution in [0.1, 0.15) is 5.76 Å². The second kappa shape index (κ2) is 5.25. The van der Waals surface area contributed by atoms with Crippen molar-refractivity contribution in [3.63, 3.8) is 0 Å². The maximum Gasteiger partial charge on any atom is 0.176 e. The van der Waals surface area contributed by atoms with Crippen LogP contribution in [0, 0.1) is 5.82 Å². The Balaban J connectivity index is 1.81. The topological polar surface area (TPSA) is 34.4 Å². The van der Waals surface area contributed by atoms with Gasteiger partial charge in [-0.3, -0.25) is 0 Å². The Bertz CT molecular complexity index is 736. The minimum Gasteiger partial charge on any atom is -0.493 e. The standard InChI is InChI=1S/C16H14FNO2/c1-19-15-7-2-4-11-8-14(20-16(11)15)10-18-13-6-3-5-12(17)9-13/h2-9,18H,10H2,1H3. The molecule has 0 unspecified atom stereocenters. The summed E-state index contributed by atoms with van der Waals surface area (Å²) in [6.07, 6.45) is 0. The minimum atomic E-state index is -0.263. The van der Waals surface area contributed by atoms with Gasteiger partial charge in [0, 0.05) is 11.1 Å². The Kier molecular flexibility index (Phi) is 3.29. The van der Waals surface area contributed by atoms with Crippen LogP contribution in [0.5, 0.6) is 5.75 Å². The molecule has 102 valence electrons. The predicted molar refractivity (Wildman–Crippen MR) is 76.5 cm³/mol. The number of methoxy groups -OCH3 is 1. The molecule has 0 radical (unpaired) electrons. The Morgan fingerprint density at radius 3 is 2.80 bits per heavy atom. The van der Waals surface area contributed by atoms with Gasteiger partial charge in [0.15, 0.2) is 11.3 Å². The molecule has 0 fully saturated rings. The molecule has 0 saturated heterocycles. The lowest BCUT2D eigenvalue weighted by Crippen LogP contribution is -1.97. The molecule has 0 bridgehead atoms. The van der Waals surface area contributed by atoms with Crippen LogP contribution in [0.25, 0.3) is 11.0 Å². The van der Waals surface area contributed by atoms with Crippen molar-refractivity contribution in [2.75, 3.05) is 12.4 Å². The molecule has 1 heterocycles. The highest BCUT2D eigenvalue weighted by molar-refractivity contribution is 5.83. The fraction of sp³-hybridized carbons (Fsp3) is 0.125. The van der Waals surface area contributed by atoms with Crippen LogP contribution < -0.4 is 10.1 Å². The number of hydrogen-bond acceptors (Lipinski definition) is 3. The summed E-state index contributed by atoms with van der Waals surface area (Å²) in [6, 6.07) is 14.0. The maximum atomic E-state index is 13.1. The molecule has 3 nitrogen and oxygen atoms in total. The summed E-state index contributed by atoms with van der Waals surface area (Å²) in [5.74, 6) is 1.22. The number of benzene rings is 2. The average Bonchev–Trinajstić information content (AvgIpc) is 2.88. The second-order valence-corrected chi connectivity index (χ2v) is 4.46. The second-order valence-electron chi connectivity index (χ2n) is 4.46. The van der Waals surface area contributed by atoms with Gasteiger partial charge in [-0.15, -0.1) is 0 Å². The van der Waals surface area contributed by atoms with Crippen molar-refractivity contribution in [1.82, 2.24) is 0 Å². The Labute approximate surface area is 116 Å². The molecular weight excluding hydrogens is 257 g/mol. The summed E-state index contributed by atoms with van der Waals surface area (Å²) < 4.78 is 24.1. The molecule has 4 heteroatoms. The van der Waals surface area contributed by atoms with Gasteiger partial charge in [0.05, 0.1) is 13.7 Å². The van der Waals surface area contributed by atoms with Gasteiger partial charge < -0.3 is 14.5 Å². The first kappa shape index (κ1) is 12.5. The minimum absolute atomic E-state index is 0.263. The Morgan fingerprint density at radius 2 is 2.00 bits per heavy atom. The normalized spacial score (nSPS) is 10.7. The third-order valence-electron chi connectivity index (χ3n) is 3.07. The molecule has 0 amide bonds. The lowest BCUT2D eigenvalue weighted by Gasteiger charge is -2.03. The molecule has 1 aromatic heterocycles. The van der Waals surface area contributed by atoms with E-state index in [0.717, 1.165) is 22.4 Å². The Morgan fingerprint density at radius 1 is 1.15 bits per heavy atom. The summed E-state index contributed by atoms with van der Waals surface area (Å²) in [5.41, 5.74) is 1.45. The van der Waals surface area contributed by atoms with E-state index in [4.69, 9.17) is 9.15 Å². The molecule has 0 spiro atoms. The molecule has 3 aromatic rings. The number of furan rings is 1. The summed E-state index contributed by atoms with van der Waals surface area (Å²) in [6.45, 7) is 0.487. The molecule has 0 aliphatic rings. The highest BCUT2D eigenvalue weighted by Crippen LogP contribution is 2.28. The zero-order chi connectivity index (χ0) is 13.9. The molecular formula is C16H14FNO2. The lowest BCUT2D eigenvalue weighted by molar-refractivity contribution is 0.408. The zero-order valence-corrected chi connectivity index (χ0v) is 11.0. The van der Waals surface area contributed by atoms with Crippen molar-refractivity contribution in [3.05, 3.63) is 60.1 Å². The summed E-state index contributed by atoms with van der Waals surface area (Å²) in [5, 5.41) is 4.11. The van der Waals surface area contributed by atoms with Crippen molar-refractivity contribution in [2.24, 2.45) is 0 Å². The van der Waals surface area contributed by atoms with Gasteiger partial charge in [0.1, 0.15) is 11.6 Å². The van der Waals surface area contributed by atoms with Gasteiger partial charge in [-0.05, 0) is 30.3 Å². The third kappa shape index (κ3) is 2.45. The van der Waals surface area contributed by atoms with Crippen LogP contribution >= 0.6 is 0 Å². The van der Waals surface area contributed by atoms with Crippen LogP contribution in [-0.4, -0.2) is 7.11 Å². The van der Waals surface area contributed by atoms with Crippen LogP contribution in [0.15, 0.2) is 52.9 Å². The number of nitrogens with one attached hydrogen (secondary N) is 1. The largest absolute Gasteiger partial charge is 0.493 e. The van der Waals surface area contributed by atoms with Gasteiger partial charge in [0.25, 0.3) is 0 Å². The number of rotatable bonds is 4. The molecule has 0 aliphatic carbocycles. The van der Waals surface area contributed by atoms with Crippen LogP contribution in [-0.2, 0) is 6.54 Å². The third-order valence-corrected chi connectivity index (χ3v) is 3.07. The number of para-hydroxylation sites is 1. The van der Waals surface area contributed by atoms with Crippen LogP contribution in [0.2, 0.25) is 0 Å². The molecule has 1 N–H and O–H groups in total. The fourth-order valence-electron chi connectivity index (χ4n) is 2.13. The Hall–Kier alpha value is -2.49. The van der Waals surface area contributed by atoms with Crippen molar-refractivity contribution in [2.45, 2.75) is 6.54 Å². The van der Waals surface area contributed by atoms with Gasteiger partial charge in [0.2, 0.25) is 0 Å². The van der Waals surface area contributed by atoms with E-state index < -0.39 is 0 Å². The smallest absolute Gasteiger partial charge is 0.176 e. The fourth-order valence-corrected chi connectivity index (χ4v) is 2.13. The first-order valence-corrected chi connectivity index (χ1v) is 6.31. The maximum absolute atomic E-state index is 13.1. The number of anilines is 1. The highest BCUT2D eigenvalue weighted by atomic mass is 19.1. The molecule has 20 heavy (non-hydrogen) atoms. The van der Waals surface area contributed by atoms with E-state index in [-0.39, 0.29) is 5.82 Å². The summed E-state index contributed by atoms with van der Waals surface area (Å²) in [4.78, 5) is 0. The number of fused-ring (bicyclic) bond motifs is 1. The van der Waals surface area contributed by atoms with Crippen molar-refractivity contribution in [3.8, 4) is 5.75 Å². The van der Waals surface area contributed by atoms with Gasteiger partial charge >= 0.3 is 0 Å². The van der Waals surface area contributed by atoms with Gasteiger partial charge in [-0.1, -0.05) is 18.2 Å². The highest BCUT2D eigenvalue weighted by Gasteiger charge is 2.08. The van der Waals surface area contributed by atoms with E-state index in [9.17, 15) is 4.39 Å². The van der Waals surface area contributed by atoms with E-state index in [1.54, 1.807) is 13.2 Å². The average molecular weight is 271 g/mol. The quantitative estimate of drug-likeness (QED) is 0.772. The molecule has 0 saturated carbocycles. The molecule has 0 aliphatic heterocycles. The molecule has 2 aromatic carbocycles. The number of ether oxygens (including phenoxy) is 1. The number of hydrogen-bond donors (Lipinski definition) is 1. The number of halogens is 1. The van der Waals surface area contributed by atoms with Crippen LogP contribution in [0.4, 0.5) is 10.1 Å². The van der Waals surface area contributed by atoms with E-state index in [2.05, 4.69) is 5.32 Å². The van der Waals surface area contributed by atoms with Crippen molar-refractivity contribution in [1.29, 1.82) is 0 Å². The zero-order valence-electron chi connectivity index (χ0n) is 11.0. The molecule has 3 rings (SSSR count). The monoisotopic (exact) mass is 271 g/mol. The summed E-state index contributed by atoms with van der Waals surface area (Å²) in [7, 11) is 1.61. The predicted octanol–water partition coefficient (Wildman–Crippen LogP) is 4.19. The van der Waals surface area contributed by atoms with Crippen molar-refractivity contribution < 1.29 is 13.5 Å². The van der Waals surface area contributed by atoms with E-state index in [1.807, 2.05) is 30.3 Å². The van der Waals surface area contributed by atoms with E-state index in [0.29, 0.717) is 12.3 Å². The van der Waals surface area contributed by atoms with E-state index in [1.165, 1.54) is 12.1 Å². The van der Waals surface area contributed by atoms with Crippen molar-refractivity contribution >= 4 is 16.7 Å². The van der Waals surface area contributed by atoms with E-state index >= 15 is 0 Å².